The maximum atomic E-state index is 13.0. The molecule has 0 spiro atoms. The van der Waals surface area contributed by atoms with Crippen molar-refractivity contribution in [1.29, 1.82) is 0 Å². The van der Waals surface area contributed by atoms with Gasteiger partial charge in [0.25, 0.3) is 5.91 Å². The highest BCUT2D eigenvalue weighted by Crippen LogP contribution is 2.34. The molecule has 0 fully saturated rings. The maximum absolute atomic E-state index is 13.0. The van der Waals surface area contributed by atoms with Crippen molar-refractivity contribution in [3.8, 4) is 5.75 Å². The molecule has 0 aliphatic carbocycles. The number of benzene rings is 1. The molecule has 0 saturated heterocycles. The first-order chi connectivity index (χ1) is 13.1. The zero-order chi connectivity index (χ0) is 20.5. The number of hydrogen-bond acceptors (Lipinski definition) is 6. The number of halogens is 4. The van der Waals surface area contributed by atoms with Crippen molar-refractivity contribution in [3.63, 3.8) is 0 Å². The van der Waals surface area contributed by atoms with Crippen LogP contribution in [0.15, 0.2) is 34.1 Å². The van der Waals surface area contributed by atoms with E-state index in [0.29, 0.717) is 33.3 Å². The quantitative estimate of drug-likeness (QED) is 0.471. The molecular weight excluding hydrogens is 479 g/mol. The van der Waals surface area contributed by atoms with Crippen molar-refractivity contribution in [2.45, 2.75) is 6.36 Å². The van der Waals surface area contributed by atoms with Gasteiger partial charge in [-0.2, -0.15) is 0 Å². The number of ether oxygens (including phenoxy) is 1. The van der Waals surface area contributed by atoms with Crippen molar-refractivity contribution < 1.29 is 22.7 Å². The Morgan fingerprint density at radius 2 is 1.93 bits per heavy atom. The third-order valence-corrected chi connectivity index (χ3v) is 6.27. The Hall–Kier alpha value is -1.69. The minimum absolute atomic E-state index is 0.205. The number of amides is 1. The summed E-state index contributed by atoms with van der Waals surface area (Å²) in [5.41, 5.74) is 0.504. The van der Waals surface area contributed by atoms with Crippen LogP contribution in [0.1, 0.15) is 9.67 Å². The first-order valence-corrected chi connectivity index (χ1v) is 10.4. The van der Waals surface area contributed by atoms with Gasteiger partial charge in [-0.3, -0.25) is 9.69 Å². The maximum Gasteiger partial charge on any atom is 0.573 e. The number of carbonyl (C=O) groups is 1. The van der Waals surface area contributed by atoms with Crippen LogP contribution in [-0.4, -0.2) is 49.3 Å². The Morgan fingerprint density at radius 3 is 2.54 bits per heavy atom. The van der Waals surface area contributed by atoms with E-state index in [1.54, 1.807) is 17.0 Å². The Labute approximate surface area is 175 Å². The molecule has 0 unspecified atom stereocenters. The lowest BCUT2D eigenvalue weighted by Gasteiger charge is -2.21. The molecule has 0 aliphatic heterocycles. The molecule has 28 heavy (non-hydrogen) atoms. The van der Waals surface area contributed by atoms with Crippen molar-refractivity contribution in [3.05, 3.63) is 39.0 Å². The standard InChI is InChI=1S/C17H15BrF3N3O2S2/c1-23(2)7-8-24(15(25)12-5-6-14(18)27-12)16-22-11-4-3-10(9-13(11)28-16)26-17(19,20)21/h3-6,9H,7-8H2,1-2H3. The largest absolute Gasteiger partial charge is 0.573 e. The Balaban J connectivity index is 1.94. The summed E-state index contributed by atoms with van der Waals surface area (Å²) in [5, 5.41) is 0.426. The van der Waals surface area contributed by atoms with Gasteiger partial charge in [0.2, 0.25) is 0 Å². The van der Waals surface area contributed by atoms with E-state index in [-0.39, 0.29) is 11.7 Å². The fraction of sp³-hybridized carbons (Fsp3) is 0.294. The minimum Gasteiger partial charge on any atom is -0.406 e. The summed E-state index contributed by atoms with van der Waals surface area (Å²) in [5.74, 6) is -0.521. The van der Waals surface area contributed by atoms with Crippen LogP contribution in [0.4, 0.5) is 18.3 Å². The van der Waals surface area contributed by atoms with E-state index in [1.807, 2.05) is 19.0 Å². The fourth-order valence-electron chi connectivity index (χ4n) is 2.35. The van der Waals surface area contributed by atoms with Crippen LogP contribution >= 0.6 is 38.6 Å². The molecule has 0 atom stereocenters. The highest BCUT2D eigenvalue weighted by molar-refractivity contribution is 9.11. The predicted octanol–water partition coefficient (Wildman–Crippen LogP) is 5.23. The lowest BCUT2D eigenvalue weighted by Crippen LogP contribution is -2.36. The molecule has 3 aromatic rings. The second kappa shape index (κ2) is 8.36. The van der Waals surface area contributed by atoms with E-state index in [9.17, 15) is 18.0 Å². The molecule has 11 heteroatoms. The summed E-state index contributed by atoms with van der Waals surface area (Å²) in [6.07, 6.45) is -4.76. The molecule has 0 saturated carbocycles. The van der Waals surface area contributed by atoms with Gasteiger partial charge >= 0.3 is 6.36 Å². The van der Waals surface area contributed by atoms with Crippen LogP contribution in [0.5, 0.6) is 5.75 Å². The van der Waals surface area contributed by atoms with Crippen LogP contribution in [0, 0.1) is 0 Å². The number of alkyl halides is 3. The summed E-state index contributed by atoms with van der Waals surface area (Å²) in [6, 6.07) is 7.46. The van der Waals surface area contributed by atoms with Gasteiger partial charge in [0.05, 0.1) is 18.9 Å². The highest BCUT2D eigenvalue weighted by atomic mass is 79.9. The summed E-state index contributed by atoms with van der Waals surface area (Å²) in [4.78, 5) is 21.5. The molecule has 150 valence electrons. The fourth-order valence-corrected chi connectivity index (χ4v) is 4.71. The van der Waals surface area contributed by atoms with Crippen molar-refractivity contribution >= 4 is 59.9 Å². The smallest absolute Gasteiger partial charge is 0.406 e. The average Bonchev–Trinajstić information content (AvgIpc) is 3.18. The van der Waals surface area contributed by atoms with Gasteiger partial charge in [-0.25, -0.2) is 4.98 Å². The second-order valence-electron chi connectivity index (χ2n) is 6.04. The number of nitrogens with zero attached hydrogens (tertiary/aromatic N) is 3. The topological polar surface area (TPSA) is 45.7 Å². The van der Waals surface area contributed by atoms with Gasteiger partial charge < -0.3 is 9.64 Å². The van der Waals surface area contributed by atoms with E-state index >= 15 is 0 Å². The Morgan fingerprint density at radius 1 is 1.18 bits per heavy atom. The molecule has 2 heterocycles. The van der Waals surface area contributed by atoms with Crippen LogP contribution in [0.3, 0.4) is 0 Å². The van der Waals surface area contributed by atoms with Gasteiger partial charge in [0.15, 0.2) is 5.13 Å². The zero-order valence-corrected chi connectivity index (χ0v) is 18.0. The molecule has 0 radical (unpaired) electrons. The Bertz CT molecular complexity index is 988. The number of carbonyl (C=O) groups excluding carboxylic acids is 1. The van der Waals surface area contributed by atoms with Crippen LogP contribution in [0.25, 0.3) is 10.2 Å². The first kappa shape index (κ1) is 21.0. The van der Waals surface area contributed by atoms with Gasteiger partial charge in [0, 0.05) is 19.2 Å². The van der Waals surface area contributed by atoms with Gasteiger partial charge in [0.1, 0.15) is 5.75 Å². The number of anilines is 1. The lowest BCUT2D eigenvalue weighted by atomic mass is 10.3. The highest BCUT2D eigenvalue weighted by Gasteiger charge is 2.31. The third kappa shape index (κ3) is 5.22. The number of likely N-dealkylation sites (N-methyl/N-ethyl adjacent to an activating group) is 1. The molecule has 0 N–H and O–H groups in total. The van der Waals surface area contributed by atoms with Gasteiger partial charge in [-0.15, -0.1) is 24.5 Å². The van der Waals surface area contributed by atoms with Gasteiger partial charge in [-0.05, 0) is 54.3 Å². The predicted molar refractivity (Wildman–Crippen MR) is 109 cm³/mol. The van der Waals surface area contributed by atoms with E-state index < -0.39 is 6.36 Å². The van der Waals surface area contributed by atoms with Crippen molar-refractivity contribution in [2.24, 2.45) is 0 Å². The lowest BCUT2D eigenvalue weighted by molar-refractivity contribution is -0.274. The molecule has 1 aromatic carbocycles. The zero-order valence-electron chi connectivity index (χ0n) is 14.8. The Kier molecular flexibility index (Phi) is 6.28. The second-order valence-corrected chi connectivity index (χ2v) is 9.51. The summed E-state index contributed by atoms with van der Waals surface area (Å²) < 4.78 is 42.7. The van der Waals surface area contributed by atoms with Crippen LogP contribution < -0.4 is 9.64 Å². The van der Waals surface area contributed by atoms with Crippen LogP contribution in [0.2, 0.25) is 0 Å². The minimum atomic E-state index is -4.76. The van der Waals surface area contributed by atoms with Crippen molar-refractivity contribution in [1.82, 2.24) is 9.88 Å². The van der Waals surface area contributed by atoms with E-state index in [2.05, 4.69) is 25.7 Å². The van der Waals surface area contributed by atoms with E-state index in [1.165, 1.54) is 29.5 Å². The molecular formula is C17H15BrF3N3O2S2. The molecule has 0 aliphatic rings. The number of hydrogen-bond donors (Lipinski definition) is 0. The normalized spacial score (nSPS) is 12.0. The SMILES string of the molecule is CN(C)CCN(C(=O)c1ccc(Br)s1)c1nc2ccc(OC(F)(F)F)cc2s1. The molecule has 0 bridgehead atoms. The molecule has 1 amide bonds. The number of rotatable bonds is 6. The number of fused-ring (bicyclic) bond motifs is 1. The van der Waals surface area contributed by atoms with E-state index in [0.717, 1.165) is 15.1 Å². The number of thiazole rings is 1. The first-order valence-electron chi connectivity index (χ1n) is 8.00. The molecule has 3 rings (SSSR count). The third-order valence-electron chi connectivity index (χ3n) is 3.61. The molecule has 2 aromatic heterocycles. The average molecular weight is 494 g/mol. The summed E-state index contributed by atoms with van der Waals surface area (Å²) in [6.45, 7) is 1.00. The molecule has 5 nitrogen and oxygen atoms in total. The van der Waals surface area contributed by atoms with Crippen LogP contribution in [-0.2, 0) is 0 Å². The monoisotopic (exact) mass is 493 g/mol. The number of aromatic nitrogens is 1. The number of thiophene rings is 1. The van der Waals surface area contributed by atoms with E-state index in [4.69, 9.17) is 0 Å². The summed E-state index contributed by atoms with van der Waals surface area (Å²) in [7, 11) is 3.78. The van der Waals surface area contributed by atoms with Gasteiger partial charge in [-0.1, -0.05) is 11.3 Å². The van der Waals surface area contributed by atoms with Crippen molar-refractivity contribution in [2.75, 3.05) is 32.1 Å². The summed E-state index contributed by atoms with van der Waals surface area (Å²) >= 11 is 5.81.